The Balaban J connectivity index is 1.69. The first-order valence-electron chi connectivity index (χ1n) is 9.57. The second-order valence-electron chi connectivity index (χ2n) is 7.91. The first-order valence-corrected chi connectivity index (χ1v) is 9.57. The van der Waals surface area contributed by atoms with Gasteiger partial charge in [0.25, 0.3) is 0 Å². The van der Waals surface area contributed by atoms with Crippen LogP contribution >= 0.6 is 0 Å². The highest BCUT2D eigenvalue weighted by Gasteiger charge is 2.59. The topological polar surface area (TPSA) is 32.8 Å². The van der Waals surface area contributed by atoms with Crippen LogP contribution in [0.4, 0.5) is 8.78 Å². The van der Waals surface area contributed by atoms with Gasteiger partial charge in [0.05, 0.1) is 21.3 Å². The highest BCUT2D eigenvalue weighted by Crippen LogP contribution is 2.44. The Labute approximate surface area is 169 Å². The van der Waals surface area contributed by atoms with Crippen LogP contribution in [0.2, 0.25) is 0 Å². The van der Waals surface area contributed by atoms with E-state index in [1.165, 1.54) is 17.9 Å². The lowest BCUT2D eigenvalue weighted by molar-refractivity contribution is -0.214. The predicted octanol–water partition coefficient (Wildman–Crippen LogP) is 1.10. The molecule has 2 aliphatic heterocycles. The van der Waals surface area contributed by atoms with Gasteiger partial charge in [-0.25, -0.2) is 8.78 Å². The maximum Gasteiger partial charge on any atom is 0.243 e. The Morgan fingerprint density at radius 2 is 1.82 bits per heavy atom. The Kier molecular flexibility index (Phi) is 5.72. The van der Waals surface area contributed by atoms with Crippen LogP contribution in [0.3, 0.4) is 0 Å². The molecule has 2 aliphatic rings. The monoisotopic (exact) mass is 382 g/mol. The Morgan fingerprint density at radius 1 is 1.18 bits per heavy atom. The molecule has 6 radical (unpaired) electrons. The van der Waals surface area contributed by atoms with Crippen molar-refractivity contribution in [1.82, 2.24) is 9.80 Å². The molecule has 144 valence electrons. The van der Waals surface area contributed by atoms with Gasteiger partial charge < -0.3 is 14.5 Å². The highest BCUT2D eigenvalue weighted by molar-refractivity contribution is 6.43. The number of amides is 1. The summed E-state index contributed by atoms with van der Waals surface area (Å²) >= 11 is 0. The molecule has 1 aromatic rings. The first kappa shape index (κ1) is 21.4. The number of likely N-dealkylation sites (tertiary alicyclic amines) is 1. The number of likely N-dealkylation sites (N-methyl/N-ethyl adjacent to an activating group) is 1. The second-order valence-corrected chi connectivity index (χ2v) is 7.91. The van der Waals surface area contributed by atoms with E-state index in [2.05, 4.69) is 4.90 Å². The van der Waals surface area contributed by atoms with Gasteiger partial charge in [0.1, 0.15) is 25.0 Å². The van der Waals surface area contributed by atoms with Gasteiger partial charge in [0, 0.05) is 26.2 Å². The van der Waals surface area contributed by atoms with Crippen LogP contribution in [0.25, 0.3) is 0 Å². The molecule has 0 N–H and O–H groups in total. The smallest absolute Gasteiger partial charge is 0.243 e. The maximum atomic E-state index is 13.8. The van der Waals surface area contributed by atoms with Gasteiger partial charge in [-0.05, 0) is 62.2 Å². The normalized spacial score (nSPS) is 27.3. The third kappa shape index (κ3) is 3.63. The number of morpholine rings is 1. The van der Waals surface area contributed by atoms with Crippen molar-refractivity contribution in [1.29, 1.82) is 0 Å². The third-order valence-electron chi connectivity index (χ3n) is 5.94. The second kappa shape index (κ2) is 7.49. The van der Waals surface area contributed by atoms with Crippen LogP contribution < -0.4 is 0 Å². The van der Waals surface area contributed by atoms with Crippen molar-refractivity contribution in [3.8, 4) is 0 Å². The van der Waals surface area contributed by atoms with Crippen molar-refractivity contribution in [3.63, 3.8) is 0 Å². The Morgan fingerprint density at radius 3 is 2.43 bits per heavy atom. The minimum atomic E-state index is -1.49. The van der Waals surface area contributed by atoms with Gasteiger partial charge in [-0.2, -0.15) is 0 Å². The van der Waals surface area contributed by atoms with Crippen molar-refractivity contribution in [2.45, 2.75) is 49.5 Å². The SMILES string of the molecule is [B]C1(C)OC2(CCN(CCc3cc(F)ccc3F)CC2)C([B])([B])N(CC)C1=O. The van der Waals surface area contributed by atoms with E-state index < -0.39 is 34.0 Å². The van der Waals surface area contributed by atoms with Gasteiger partial charge in [-0.15, -0.1) is 0 Å². The fourth-order valence-electron chi connectivity index (χ4n) is 4.27. The summed E-state index contributed by atoms with van der Waals surface area (Å²) in [7, 11) is 18.9. The van der Waals surface area contributed by atoms with Crippen molar-refractivity contribution in [3.05, 3.63) is 35.4 Å². The molecule has 1 spiro atoms. The van der Waals surface area contributed by atoms with Gasteiger partial charge in [-0.1, -0.05) is 0 Å². The fraction of sp³-hybridized carbons (Fsp3) is 0.632. The number of ether oxygens (including phenoxy) is 1. The summed E-state index contributed by atoms with van der Waals surface area (Å²) in [4.78, 5) is 16.0. The van der Waals surface area contributed by atoms with E-state index >= 15 is 0 Å². The van der Waals surface area contributed by atoms with Crippen LogP contribution in [-0.4, -0.2) is 81.9 Å². The van der Waals surface area contributed by atoms with Crippen molar-refractivity contribution in [2.24, 2.45) is 0 Å². The summed E-state index contributed by atoms with van der Waals surface area (Å²) in [5.74, 6) is -1.30. The van der Waals surface area contributed by atoms with Crippen LogP contribution in [0.5, 0.6) is 0 Å². The molecule has 0 aliphatic carbocycles. The number of rotatable bonds is 4. The number of carbonyl (C=O) groups is 1. The van der Waals surface area contributed by atoms with Gasteiger partial charge >= 0.3 is 0 Å². The molecule has 1 atom stereocenters. The molecule has 4 nitrogen and oxygen atoms in total. The molecule has 0 bridgehead atoms. The maximum absolute atomic E-state index is 13.8. The Bertz CT molecular complexity index is 753. The summed E-state index contributed by atoms with van der Waals surface area (Å²) in [6, 6.07) is 3.47. The molecule has 9 heteroatoms. The summed E-state index contributed by atoms with van der Waals surface area (Å²) in [6.45, 7) is 5.39. The number of halogens is 2. The zero-order valence-corrected chi connectivity index (χ0v) is 16.4. The molecule has 1 unspecified atom stereocenters. The highest BCUT2D eigenvalue weighted by atomic mass is 19.1. The molecule has 3 rings (SSSR count). The van der Waals surface area contributed by atoms with E-state index in [4.69, 9.17) is 28.3 Å². The summed E-state index contributed by atoms with van der Waals surface area (Å²) in [5.41, 5.74) is -2.12. The average molecular weight is 382 g/mol. The van der Waals surface area contributed by atoms with Crippen molar-refractivity contribution < 1.29 is 18.3 Å². The minimum absolute atomic E-state index is 0.326. The lowest BCUT2D eigenvalue weighted by atomic mass is 9.47. The molecule has 0 saturated carbocycles. The largest absolute Gasteiger partial charge is 0.368 e. The number of carbonyl (C=O) groups excluding carboxylic acids is 1. The molecule has 1 amide bonds. The lowest BCUT2D eigenvalue weighted by Crippen LogP contribution is -2.78. The Hall–Kier alpha value is -1.34. The van der Waals surface area contributed by atoms with E-state index in [0.717, 1.165) is 12.1 Å². The van der Waals surface area contributed by atoms with E-state index in [0.29, 0.717) is 51.0 Å². The zero-order valence-electron chi connectivity index (χ0n) is 16.4. The predicted molar refractivity (Wildman–Crippen MR) is 105 cm³/mol. The van der Waals surface area contributed by atoms with Gasteiger partial charge in [-0.3, -0.25) is 4.79 Å². The molecule has 2 heterocycles. The van der Waals surface area contributed by atoms with Crippen LogP contribution in [0.1, 0.15) is 32.3 Å². The van der Waals surface area contributed by atoms with Crippen LogP contribution in [0, 0.1) is 11.6 Å². The molecule has 1 aromatic carbocycles. The van der Waals surface area contributed by atoms with Gasteiger partial charge in [0.15, 0.2) is 0 Å². The summed E-state index contributed by atoms with van der Waals surface area (Å²) < 4.78 is 33.2. The summed E-state index contributed by atoms with van der Waals surface area (Å²) in [6.07, 6.45) is 1.34. The number of benzene rings is 1. The first-order chi connectivity index (χ1) is 13.0. The van der Waals surface area contributed by atoms with E-state index in [1.807, 2.05) is 0 Å². The molecular weight excluding hydrogens is 359 g/mol. The average Bonchev–Trinajstić information content (AvgIpc) is 2.62. The molecule has 28 heavy (non-hydrogen) atoms. The van der Waals surface area contributed by atoms with Crippen molar-refractivity contribution in [2.75, 3.05) is 26.2 Å². The fourth-order valence-corrected chi connectivity index (χ4v) is 4.27. The number of piperidine rings is 1. The minimum Gasteiger partial charge on any atom is -0.368 e. The number of hydrogen-bond acceptors (Lipinski definition) is 3. The van der Waals surface area contributed by atoms with Crippen molar-refractivity contribution >= 4 is 29.4 Å². The van der Waals surface area contributed by atoms with E-state index in [9.17, 15) is 13.6 Å². The van der Waals surface area contributed by atoms with E-state index in [1.54, 1.807) is 6.92 Å². The van der Waals surface area contributed by atoms with Crippen LogP contribution in [-0.2, 0) is 16.0 Å². The standard InChI is InChI=1S/C19H23B3F2N2O2/c1-3-26-16(27)17(2,20)28-18(19(26,21)22)7-10-25(11-8-18)9-6-13-12-14(23)4-5-15(13)24/h4-5,12H,3,6-11H2,1-2H3. The quantitative estimate of drug-likeness (QED) is 0.732. The molecule has 0 aromatic heterocycles. The third-order valence-corrected chi connectivity index (χ3v) is 5.94. The number of nitrogens with zero attached hydrogens (tertiary/aromatic N) is 2. The molecule has 2 fully saturated rings. The summed E-state index contributed by atoms with van der Waals surface area (Å²) in [5, 5.41) is -1.47. The number of hydrogen-bond donors (Lipinski definition) is 0. The zero-order chi connectivity index (χ0) is 20.7. The molecular formula is C19H23B3F2N2O2. The lowest BCUT2D eigenvalue weighted by Gasteiger charge is -2.63. The molecule has 2 saturated heterocycles. The van der Waals surface area contributed by atoms with E-state index in [-0.39, 0.29) is 0 Å². The van der Waals surface area contributed by atoms with Crippen LogP contribution in [0.15, 0.2) is 18.2 Å². The van der Waals surface area contributed by atoms with Gasteiger partial charge in [0.2, 0.25) is 5.91 Å².